The van der Waals surface area contributed by atoms with Crippen LogP contribution in [0.25, 0.3) is 0 Å². The SMILES string of the molecule is CCOc1ccc(S(=O)(=O)N2CCC[C@@H](C(=O)N3CCOc4ccccc43)C2)cc1Cl. The van der Waals surface area contributed by atoms with Gasteiger partial charge in [-0.2, -0.15) is 4.31 Å². The predicted molar refractivity (Wildman–Crippen MR) is 118 cm³/mol. The second kappa shape index (κ2) is 9.06. The molecule has 0 spiro atoms. The van der Waals surface area contributed by atoms with E-state index >= 15 is 0 Å². The van der Waals surface area contributed by atoms with E-state index in [0.717, 1.165) is 5.69 Å². The number of halogens is 1. The van der Waals surface area contributed by atoms with Crippen molar-refractivity contribution in [2.45, 2.75) is 24.7 Å². The molecule has 1 saturated heterocycles. The first-order valence-corrected chi connectivity index (χ1v) is 12.2. The third kappa shape index (κ3) is 4.37. The lowest BCUT2D eigenvalue weighted by Gasteiger charge is -2.36. The molecule has 4 rings (SSSR count). The molecule has 0 aromatic heterocycles. The highest BCUT2D eigenvalue weighted by Crippen LogP contribution is 2.34. The van der Waals surface area contributed by atoms with Gasteiger partial charge in [-0.05, 0) is 50.1 Å². The highest BCUT2D eigenvalue weighted by Gasteiger charge is 2.36. The molecule has 0 saturated carbocycles. The van der Waals surface area contributed by atoms with Crippen LogP contribution in [0.2, 0.25) is 5.02 Å². The summed E-state index contributed by atoms with van der Waals surface area (Å²) in [6.07, 6.45) is 1.26. The van der Waals surface area contributed by atoms with Gasteiger partial charge in [-0.1, -0.05) is 23.7 Å². The number of benzene rings is 2. The number of carbonyl (C=O) groups is 1. The maximum Gasteiger partial charge on any atom is 0.243 e. The second-order valence-corrected chi connectivity index (χ2v) is 9.88. The molecule has 2 aliphatic heterocycles. The molecule has 0 unspecified atom stereocenters. The van der Waals surface area contributed by atoms with Gasteiger partial charge in [-0.3, -0.25) is 4.79 Å². The van der Waals surface area contributed by atoms with Crippen molar-refractivity contribution >= 4 is 33.2 Å². The zero-order valence-electron chi connectivity index (χ0n) is 17.3. The molecule has 7 nitrogen and oxygen atoms in total. The lowest BCUT2D eigenvalue weighted by molar-refractivity contribution is -0.123. The van der Waals surface area contributed by atoms with Crippen LogP contribution in [0.4, 0.5) is 5.69 Å². The maximum absolute atomic E-state index is 13.3. The molecule has 31 heavy (non-hydrogen) atoms. The lowest BCUT2D eigenvalue weighted by Crippen LogP contribution is -2.48. The van der Waals surface area contributed by atoms with E-state index in [2.05, 4.69) is 0 Å². The normalized spacial score (nSPS) is 19.4. The lowest BCUT2D eigenvalue weighted by atomic mass is 9.97. The van der Waals surface area contributed by atoms with Gasteiger partial charge >= 0.3 is 0 Å². The minimum atomic E-state index is -3.78. The fourth-order valence-electron chi connectivity index (χ4n) is 4.04. The number of amides is 1. The van der Waals surface area contributed by atoms with Crippen LogP contribution in [-0.2, 0) is 14.8 Å². The molecule has 166 valence electrons. The molecule has 0 aliphatic carbocycles. The fourth-order valence-corrected chi connectivity index (χ4v) is 5.90. The molecular weight excluding hydrogens is 440 g/mol. The van der Waals surface area contributed by atoms with Gasteiger partial charge in [0.1, 0.15) is 18.1 Å². The van der Waals surface area contributed by atoms with E-state index in [0.29, 0.717) is 50.6 Å². The van der Waals surface area contributed by atoms with E-state index < -0.39 is 15.9 Å². The van der Waals surface area contributed by atoms with Crippen LogP contribution in [0.3, 0.4) is 0 Å². The van der Waals surface area contributed by atoms with Gasteiger partial charge in [0.25, 0.3) is 0 Å². The molecule has 0 radical (unpaired) electrons. The summed E-state index contributed by atoms with van der Waals surface area (Å²) >= 11 is 6.20. The summed E-state index contributed by atoms with van der Waals surface area (Å²) in [6.45, 7) is 3.66. The highest BCUT2D eigenvalue weighted by atomic mass is 35.5. The number of ether oxygens (including phenoxy) is 2. The minimum absolute atomic E-state index is 0.0691. The smallest absolute Gasteiger partial charge is 0.243 e. The van der Waals surface area contributed by atoms with E-state index in [1.165, 1.54) is 16.4 Å². The zero-order chi connectivity index (χ0) is 22.0. The Morgan fingerprint density at radius 1 is 1.23 bits per heavy atom. The second-order valence-electron chi connectivity index (χ2n) is 7.53. The largest absolute Gasteiger partial charge is 0.492 e. The summed E-state index contributed by atoms with van der Waals surface area (Å²) in [4.78, 5) is 15.1. The van der Waals surface area contributed by atoms with Crippen molar-refractivity contribution in [1.82, 2.24) is 4.31 Å². The first kappa shape index (κ1) is 21.9. The van der Waals surface area contributed by atoms with Gasteiger partial charge in [-0.15, -0.1) is 0 Å². The molecule has 1 atom stereocenters. The summed E-state index contributed by atoms with van der Waals surface area (Å²) in [5, 5.41) is 0.248. The molecule has 2 heterocycles. The quantitative estimate of drug-likeness (QED) is 0.676. The summed E-state index contributed by atoms with van der Waals surface area (Å²) in [7, 11) is -3.78. The van der Waals surface area contributed by atoms with Crippen molar-refractivity contribution in [2.75, 3.05) is 37.7 Å². The monoisotopic (exact) mass is 464 g/mol. The van der Waals surface area contributed by atoms with Crippen molar-refractivity contribution in [1.29, 1.82) is 0 Å². The molecule has 2 aromatic carbocycles. The summed E-state index contributed by atoms with van der Waals surface area (Å²) in [5.74, 6) is 0.639. The van der Waals surface area contributed by atoms with Crippen LogP contribution in [0.1, 0.15) is 19.8 Å². The number of hydrogen-bond acceptors (Lipinski definition) is 5. The Labute approximate surface area is 187 Å². The Bertz CT molecular complexity index is 1080. The molecule has 2 aromatic rings. The first-order valence-electron chi connectivity index (χ1n) is 10.4. The van der Waals surface area contributed by atoms with Gasteiger partial charge < -0.3 is 14.4 Å². The van der Waals surface area contributed by atoms with Crippen molar-refractivity contribution in [3.05, 3.63) is 47.5 Å². The molecule has 2 aliphatic rings. The Morgan fingerprint density at radius 2 is 2.03 bits per heavy atom. The predicted octanol–water partition coefficient (Wildman–Crippen LogP) is 3.57. The van der Waals surface area contributed by atoms with Crippen molar-refractivity contribution in [3.8, 4) is 11.5 Å². The van der Waals surface area contributed by atoms with E-state index in [1.54, 1.807) is 11.0 Å². The summed E-state index contributed by atoms with van der Waals surface area (Å²) in [5.41, 5.74) is 0.733. The third-order valence-electron chi connectivity index (χ3n) is 5.57. The average Bonchev–Trinajstić information content (AvgIpc) is 2.79. The van der Waals surface area contributed by atoms with Crippen LogP contribution in [0.15, 0.2) is 47.4 Å². The molecule has 1 amide bonds. The van der Waals surface area contributed by atoms with E-state index in [4.69, 9.17) is 21.1 Å². The van der Waals surface area contributed by atoms with Crippen LogP contribution < -0.4 is 14.4 Å². The number of piperidine rings is 1. The van der Waals surface area contributed by atoms with Gasteiger partial charge in [-0.25, -0.2) is 8.42 Å². The topological polar surface area (TPSA) is 76.2 Å². The fraction of sp³-hybridized carbons (Fsp3) is 0.409. The van der Waals surface area contributed by atoms with Gasteiger partial charge in [0.05, 0.1) is 34.7 Å². The minimum Gasteiger partial charge on any atom is -0.492 e. The number of anilines is 1. The molecule has 1 fully saturated rings. The number of rotatable bonds is 5. The number of para-hydroxylation sites is 2. The molecule has 0 N–H and O–H groups in total. The van der Waals surface area contributed by atoms with E-state index in [1.807, 2.05) is 31.2 Å². The first-order chi connectivity index (χ1) is 14.9. The number of fused-ring (bicyclic) bond motifs is 1. The standard InChI is InChI=1S/C22H25ClN2O5S/c1-2-29-20-10-9-17(14-18(20)23)31(27,28)24-11-5-6-16(15-24)22(26)25-12-13-30-21-8-4-3-7-19(21)25/h3-4,7-10,14,16H,2,5-6,11-13,15H2,1H3/t16-/m1/s1. The molecule has 9 heteroatoms. The summed E-state index contributed by atoms with van der Waals surface area (Å²) < 4.78 is 38.9. The zero-order valence-corrected chi connectivity index (χ0v) is 18.9. The maximum atomic E-state index is 13.3. The van der Waals surface area contributed by atoms with Gasteiger partial charge in [0.15, 0.2) is 0 Å². The summed E-state index contributed by atoms with van der Waals surface area (Å²) in [6, 6.07) is 11.9. The number of carbonyl (C=O) groups excluding carboxylic acids is 1. The van der Waals surface area contributed by atoms with Crippen molar-refractivity contribution < 1.29 is 22.7 Å². The molecule has 0 bridgehead atoms. The third-order valence-corrected chi connectivity index (χ3v) is 7.73. The van der Waals surface area contributed by atoms with Gasteiger partial charge in [0.2, 0.25) is 15.9 Å². The van der Waals surface area contributed by atoms with Crippen LogP contribution in [0.5, 0.6) is 11.5 Å². The number of sulfonamides is 1. The Hall–Kier alpha value is -2.29. The van der Waals surface area contributed by atoms with Crippen molar-refractivity contribution in [2.24, 2.45) is 5.92 Å². The van der Waals surface area contributed by atoms with Crippen LogP contribution >= 0.6 is 11.6 Å². The van der Waals surface area contributed by atoms with Crippen molar-refractivity contribution in [3.63, 3.8) is 0 Å². The number of hydrogen-bond donors (Lipinski definition) is 0. The van der Waals surface area contributed by atoms with Crippen LogP contribution in [0, 0.1) is 5.92 Å². The Balaban J connectivity index is 1.53. The molecular formula is C22H25ClN2O5S. The van der Waals surface area contributed by atoms with Gasteiger partial charge in [0, 0.05) is 13.1 Å². The highest BCUT2D eigenvalue weighted by molar-refractivity contribution is 7.89. The number of nitrogens with zero attached hydrogens (tertiary/aromatic N) is 2. The van der Waals surface area contributed by atoms with Crippen LogP contribution in [-0.4, -0.2) is 51.5 Å². The van der Waals surface area contributed by atoms with E-state index in [-0.39, 0.29) is 22.4 Å². The Morgan fingerprint density at radius 3 is 2.81 bits per heavy atom. The average molecular weight is 465 g/mol. The van der Waals surface area contributed by atoms with E-state index in [9.17, 15) is 13.2 Å². The Kier molecular flexibility index (Phi) is 6.41.